The fourth-order valence-corrected chi connectivity index (χ4v) is 2.59. The van der Waals surface area contributed by atoms with Crippen LogP contribution in [0.5, 0.6) is 0 Å². The van der Waals surface area contributed by atoms with E-state index in [0.717, 1.165) is 32.7 Å². The summed E-state index contributed by atoms with van der Waals surface area (Å²) in [6.07, 6.45) is 1.71. The number of piperazine rings is 1. The Bertz CT molecular complexity index is 425. The van der Waals surface area contributed by atoms with Crippen LogP contribution in [0.4, 0.5) is 4.39 Å². The van der Waals surface area contributed by atoms with E-state index in [1.165, 1.54) is 25.1 Å². The number of carbonyl (C=O) groups excluding carboxylic acids is 1. The van der Waals surface area contributed by atoms with Crippen molar-refractivity contribution >= 4 is 5.78 Å². The summed E-state index contributed by atoms with van der Waals surface area (Å²) in [4.78, 5) is 16.8. The molecule has 110 valence electrons. The van der Waals surface area contributed by atoms with Crippen molar-refractivity contribution in [2.24, 2.45) is 0 Å². The van der Waals surface area contributed by atoms with Gasteiger partial charge in [0.05, 0.1) is 0 Å². The number of hydrogen-bond donors (Lipinski definition) is 0. The Morgan fingerprint density at radius 3 is 2.15 bits per heavy atom. The zero-order valence-corrected chi connectivity index (χ0v) is 12.1. The molecule has 0 N–H and O–H groups in total. The van der Waals surface area contributed by atoms with Crippen LogP contribution in [0.15, 0.2) is 24.3 Å². The first-order valence-corrected chi connectivity index (χ1v) is 7.42. The zero-order chi connectivity index (χ0) is 14.4. The van der Waals surface area contributed by atoms with Crippen molar-refractivity contribution in [3.8, 4) is 0 Å². The second-order valence-electron chi connectivity index (χ2n) is 5.36. The van der Waals surface area contributed by atoms with E-state index in [1.807, 2.05) is 0 Å². The van der Waals surface area contributed by atoms with Crippen molar-refractivity contribution in [1.29, 1.82) is 0 Å². The molecular formula is C16H23FN2O. The molecule has 0 radical (unpaired) electrons. The minimum atomic E-state index is -0.298. The molecule has 0 unspecified atom stereocenters. The Kier molecular flexibility index (Phi) is 5.68. The monoisotopic (exact) mass is 278 g/mol. The Morgan fingerprint density at radius 1 is 1.05 bits per heavy atom. The third-order valence-electron chi connectivity index (χ3n) is 3.83. The minimum Gasteiger partial charge on any atom is -0.301 e. The average molecular weight is 278 g/mol. The third-order valence-corrected chi connectivity index (χ3v) is 3.83. The highest BCUT2D eigenvalue weighted by Gasteiger charge is 2.17. The van der Waals surface area contributed by atoms with Crippen LogP contribution in [-0.2, 0) is 0 Å². The lowest BCUT2D eigenvalue weighted by atomic mass is 10.1. The first-order valence-electron chi connectivity index (χ1n) is 7.42. The molecule has 1 heterocycles. The number of ketones is 1. The summed E-state index contributed by atoms with van der Waals surface area (Å²) >= 11 is 0. The van der Waals surface area contributed by atoms with Gasteiger partial charge >= 0.3 is 0 Å². The highest BCUT2D eigenvalue weighted by atomic mass is 19.1. The quantitative estimate of drug-likeness (QED) is 0.747. The lowest BCUT2D eigenvalue weighted by Crippen LogP contribution is -2.46. The van der Waals surface area contributed by atoms with Crippen molar-refractivity contribution in [2.45, 2.75) is 19.8 Å². The Balaban J connectivity index is 1.73. The number of rotatable bonds is 6. The van der Waals surface area contributed by atoms with E-state index in [1.54, 1.807) is 12.1 Å². The van der Waals surface area contributed by atoms with Gasteiger partial charge in [-0.15, -0.1) is 0 Å². The van der Waals surface area contributed by atoms with Gasteiger partial charge in [0.2, 0.25) is 0 Å². The number of hydrogen-bond acceptors (Lipinski definition) is 3. The maximum absolute atomic E-state index is 12.8. The molecule has 0 aromatic heterocycles. The molecule has 0 saturated carbocycles. The van der Waals surface area contributed by atoms with E-state index >= 15 is 0 Å². The molecule has 1 aromatic carbocycles. The number of Topliss-reactive ketones (excluding diaryl/α,β-unsaturated/α-hetero) is 1. The fraction of sp³-hybridized carbons (Fsp3) is 0.562. The summed E-state index contributed by atoms with van der Waals surface area (Å²) in [7, 11) is 0. The van der Waals surface area contributed by atoms with Gasteiger partial charge in [-0.2, -0.15) is 0 Å². The molecule has 1 saturated heterocycles. The smallest absolute Gasteiger partial charge is 0.164 e. The van der Waals surface area contributed by atoms with Gasteiger partial charge in [0, 0.05) is 44.7 Å². The predicted molar refractivity (Wildman–Crippen MR) is 78.5 cm³/mol. The number of nitrogens with zero attached hydrogens (tertiary/aromatic N) is 2. The molecule has 0 bridgehead atoms. The average Bonchev–Trinajstić information content (AvgIpc) is 2.47. The van der Waals surface area contributed by atoms with Gasteiger partial charge in [0.25, 0.3) is 0 Å². The van der Waals surface area contributed by atoms with Crippen LogP contribution in [0.1, 0.15) is 30.1 Å². The normalized spacial score (nSPS) is 17.3. The first-order chi connectivity index (χ1) is 9.69. The second-order valence-corrected chi connectivity index (χ2v) is 5.36. The van der Waals surface area contributed by atoms with Crippen LogP contribution in [0.2, 0.25) is 0 Å². The van der Waals surface area contributed by atoms with E-state index < -0.39 is 0 Å². The van der Waals surface area contributed by atoms with Crippen molar-refractivity contribution in [3.05, 3.63) is 35.6 Å². The molecule has 1 aliphatic heterocycles. The zero-order valence-electron chi connectivity index (χ0n) is 12.1. The molecule has 1 aromatic rings. The second kappa shape index (κ2) is 7.50. The molecule has 20 heavy (non-hydrogen) atoms. The molecule has 1 fully saturated rings. The lowest BCUT2D eigenvalue weighted by Gasteiger charge is -2.34. The van der Waals surface area contributed by atoms with Gasteiger partial charge in [-0.3, -0.25) is 4.79 Å². The molecule has 0 spiro atoms. The third kappa shape index (κ3) is 4.39. The lowest BCUT2D eigenvalue weighted by molar-refractivity contribution is 0.0928. The van der Waals surface area contributed by atoms with Gasteiger partial charge in [-0.25, -0.2) is 4.39 Å². The Labute approximate surface area is 120 Å². The molecule has 0 aliphatic carbocycles. The van der Waals surface area contributed by atoms with Crippen molar-refractivity contribution in [3.63, 3.8) is 0 Å². The van der Waals surface area contributed by atoms with Crippen LogP contribution in [-0.4, -0.2) is 54.9 Å². The highest BCUT2D eigenvalue weighted by Crippen LogP contribution is 2.08. The van der Waals surface area contributed by atoms with Crippen molar-refractivity contribution < 1.29 is 9.18 Å². The van der Waals surface area contributed by atoms with E-state index in [9.17, 15) is 9.18 Å². The van der Waals surface area contributed by atoms with Crippen LogP contribution < -0.4 is 0 Å². The summed E-state index contributed by atoms with van der Waals surface area (Å²) in [5, 5.41) is 0. The maximum Gasteiger partial charge on any atom is 0.164 e. The van der Waals surface area contributed by atoms with Crippen LogP contribution in [0, 0.1) is 5.82 Å². The van der Waals surface area contributed by atoms with Gasteiger partial charge < -0.3 is 9.80 Å². The van der Waals surface area contributed by atoms with Gasteiger partial charge in [-0.1, -0.05) is 6.92 Å². The first kappa shape index (κ1) is 15.1. The molecular weight excluding hydrogens is 255 g/mol. The van der Waals surface area contributed by atoms with Crippen molar-refractivity contribution in [2.75, 3.05) is 39.3 Å². The van der Waals surface area contributed by atoms with E-state index in [4.69, 9.17) is 0 Å². The van der Waals surface area contributed by atoms with Gasteiger partial charge in [-0.05, 0) is 37.2 Å². The summed E-state index contributed by atoms with van der Waals surface area (Å²) in [5.74, 6) is -0.199. The molecule has 1 aliphatic rings. The molecule has 2 rings (SSSR count). The van der Waals surface area contributed by atoms with E-state index in [0.29, 0.717) is 12.0 Å². The Morgan fingerprint density at radius 2 is 1.60 bits per heavy atom. The van der Waals surface area contributed by atoms with E-state index in [2.05, 4.69) is 16.7 Å². The van der Waals surface area contributed by atoms with Gasteiger partial charge in [0.1, 0.15) is 5.82 Å². The number of carbonyl (C=O) groups is 1. The summed E-state index contributed by atoms with van der Waals surface area (Å²) < 4.78 is 12.8. The summed E-state index contributed by atoms with van der Waals surface area (Å²) in [6, 6.07) is 5.82. The molecule has 0 atom stereocenters. The number of halogens is 1. The Hall–Kier alpha value is -1.26. The molecule has 0 amide bonds. The predicted octanol–water partition coefficient (Wildman–Crippen LogP) is 2.43. The van der Waals surface area contributed by atoms with Crippen molar-refractivity contribution in [1.82, 2.24) is 9.80 Å². The largest absolute Gasteiger partial charge is 0.301 e. The summed E-state index contributed by atoms with van der Waals surface area (Å²) in [6.45, 7) is 8.44. The fourth-order valence-electron chi connectivity index (χ4n) is 2.59. The standard InChI is InChI=1S/C16H23FN2O/c1-2-8-18-10-12-19(13-11-18)9-7-16(20)14-3-5-15(17)6-4-14/h3-6H,2,7-13H2,1H3. The van der Waals surface area contributed by atoms with Crippen LogP contribution in [0.3, 0.4) is 0 Å². The summed E-state index contributed by atoms with van der Waals surface area (Å²) in [5.41, 5.74) is 0.607. The molecule has 3 nitrogen and oxygen atoms in total. The maximum atomic E-state index is 12.8. The van der Waals surface area contributed by atoms with Crippen LogP contribution >= 0.6 is 0 Å². The van der Waals surface area contributed by atoms with Gasteiger partial charge in [0.15, 0.2) is 5.78 Å². The van der Waals surface area contributed by atoms with Crippen LogP contribution in [0.25, 0.3) is 0 Å². The molecule has 4 heteroatoms. The topological polar surface area (TPSA) is 23.6 Å². The minimum absolute atomic E-state index is 0.0981. The SMILES string of the molecule is CCCN1CCN(CCC(=O)c2ccc(F)cc2)CC1. The number of benzene rings is 1. The van der Waals surface area contributed by atoms with E-state index in [-0.39, 0.29) is 11.6 Å². The highest BCUT2D eigenvalue weighted by molar-refractivity contribution is 5.96.